The van der Waals surface area contributed by atoms with Gasteiger partial charge < -0.3 is 15.5 Å². The fourth-order valence-corrected chi connectivity index (χ4v) is 6.66. The van der Waals surface area contributed by atoms with E-state index >= 15 is 8.78 Å². The van der Waals surface area contributed by atoms with Crippen LogP contribution in [0.25, 0.3) is 21.8 Å². The number of fused-ring (bicyclic) bond motifs is 2. The fourth-order valence-electron chi connectivity index (χ4n) is 6.66. The molecule has 0 radical (unpaired) electrons. The molecule has 7 nitrogen and oxygen atoms in total. The summed E-state index contributed by atoms with van der Waals surface area (Å²) in [6.45, 7) is 7.09. The number of benzene rings is 5. The zero-order chi connectivity index (χ0) is 35.8. The molecule has 0 aliphatic rings. The van der Waals surface area contributed by atoms with Gasteiger partial charge in [0.25, 0.3) is 11.8 Å². The zero-order valence-electron chi connectivity index (χ0n) is 28.4. The largest absolute Gasteiger partial charge is 0.320 e. The third-order valence-corrected chi connectivity index (χ3v) is 8.72. The Morgan fingerprint density at radius 3 is 1.45 bits per heavy atom. The van der Waals surface area contributed by atoms with E-state index in [4.69, 9.17) is 0 Å². The maximum absolute atomic E-state index is 15.6. The maximum Gasteiger partial charge on any atom is 0.258 e. The minimum absolute atomic E-state index is 0.120. The van der Waals surface area contributed by atoms with Crippen LogP contribution in [0, 0.1) is 39.3 Å². The molecule has 0 aliphatic heterocycles. The second-order valence-corrected chi connectivity index (χ2v) is 12.6. The third kappa shape index (κ3) is 6.49. The average Bonchev–Trinajstić information content (AvgIpc) is 3.08. The van der Waals surface area contributed by atoms with E-state index in [1.54, 1.807) is 43.3 Å². The van der Waals surface area contributed by atoms with Crippen molar-refractivity contribution < 1.29 is 18.4 Å². The van der Waals surface area contributed by atoms with Gasteiger partial charge in [0.2, 0.25) is 0 Å². The minimum Gasteiger partial charge on any atom is -0.320 e. The summed E-state index contributed by atoms with van der Waals surface area (Å²) < 4.78 is 31.2. The van der Waals surface area contributed by atoms with Crippen LogP contribution in [0.15, 0.2) is 116 Å². The molecule has 0 unspecified atom stereocenters. The first-order chi connectivity index (χ1) is 24.6. The lowest BCUT2D eigenvalue weighted by Crippen LogP contribution is -2.24. The number of nitrogens with one attached hydrogen (secondary N) is 2. The molecule has 5 aromatic carbocycles. The van der Waals surface area contributed by atoms with Gasteiger partial charge in [0.15, 0.2) is 0 Å². The molecular formula is C42H33F2N5O2. The zero-order valence-corrected chi connectivity index (χ0v) is 28.4. The molecule has 0 bridgehead atoms. The van der Waals surface area contributed by atoms with Gasteiger partial charge in [0.1, 0.15) is 11.6 Å². The molecule has 0 saturated carbocycles. The van der Waals surface area contributed by atoms with E-state index in [1.807, 2.05) is 80.6 Å². The third-order valence-electron chi connectivity index (χ3n) is 8.72. The lowest BCUT2D eigenvalue weighted by Gasteiger charge is -2.31. The van der Waals surface area contributed by atoms with Gasteiger partial charge in [-0.2, -0.15) is 0 Å². The van der Waals surface area contributed by atoms with Crippen LogP contribution in [-0.2, 0) is 0 Å². The van der Waals surface area contributed by atoms with Gasteiger partial charge in [-0.25, -0.2) is 8.78 Å². The van der Waals surface area contributed by atoms with E-state index in [1.165, 1.54) is 24.3 Å². The summed E-state index contributed by atoms with van der Waals surface area (Å²) in [5.41, 5.74) is 5.54. The predicted octanol–water partition coefficient (Wildman–Crippen LogP) is 10.3. The topological polar surface area (TPSA) is 87.2 Å². The first-order valence-corrected chi connectivity index (χ1v) is 16.4. The molecule has 7 rings (SSSR count). The van der Waals surface area contributed by atoms with E-state index in [2.05, 4.69) is 20.6 Å². The van der Waals surface area contributed by atoms with Crippen LogP contribution in [0.4, 0.5) is 37.2 Å². The van der Waals surface area contributed by atoms with Crippen LogP contribution in [0.5, 0.6) is 0 Å². The van der Waals surface area contributed by atoms with Crippen molar-refractivity contribution in [1.29, 1.82) is 0 Å². The van der Waals surface area contributed by atoms with Gasteiger partial charge in [-0.05, 0) is 111 Å². The quantitative estimate of drug-likeness (QED) is 0.175. The molecule has 0 saturated heterocycles. The van der Waals surface area contributed by atoms with Crippen LogP contribution < -0.4 is 15.5 Å². The minimum atomic E-state index is -0.610. The summed E-state index contributed by atoms with van der Waals surface area (Å²) in [4.78, 5) is 39.3. The molecule has 7 aromatic rings. The van der Waals surface area contributed by atoms with E-state index in [0.29, 0.717) is 39.2 Å². The van der Waals surface area contributed by atoms with E-state index in [0.717, 1.165) is 21.9 Å². The van der Waals surface area contributed by atoms with Crippen LogP contribution >= 0.6 is 0 Å². The first kappa shape index (κ1) is 33.0. The second-order valence-electron chi connectivity index (χ2n) is 12.6. The summed E-state index contributed by atoms with van der Waals surface area (Å²) in [7, 11) is 0. The fraction of sp³-hybridized carbons (Fsp3) is 0.0952. The van der Waals surface area contributed by atoms with Gasteiger partial charge in [-0.15, -0.1) is 0 Å². The van der Waals surface area contributed by atoms with Gasteiger partial charge in [0, 0.05) is 28.9 Å². The first-order valence-electron chi connectivity index (χ1n) is 16.4. The van der Waals surface area contributed by atoms with Gasteiger partial charge >= 0.3 is 0 Å². The molecule has 2 aromatic heterocycles. The highest BCUT2D eigenvalue weighted by molar-refractivity contribution is 6.16. The lowest BCUT2D eigenvalue weighted by molar-refractivity contribution is 0.101. The Kier molecular flexibility index (Phi) is 8.70. The van der Waals surface area contributed by atoms with Crippen LogP contribution in [0.1, 0.15) is 43.0 Å². The number of carbonyl (C=O) groups is 2. The van der Waals surface area contributed by atoms with Gasteiger partial charge in [0.05, 0.1) is 44.9 Å². The number of aryl methyl sites for hydroxylation is 4. The number of nitrogens with zero attached hydrogens (tertiary/aromatic N) is 3. The number of hydrogen-bond donors (Lipinski definition) is 2. The molecule has 2 amide bonds. The number of rotatable bonds is 7. The highest BCUT2D eigenvalue weighted by atomic mass is 19.1. The maximum atomic E-state index is 15.6. The monoisotopic (exact) mass is 677 g/mol. The van der Waals surface area contributed by atoms with Crippen molar-refractivity contribution in [3.05, 3.63) is 161 Å². The number of pyridine rings is 2. The Morgan fingerprint density at radius 1 is 0.569 bits per heavy atom. The molecule has 0 fully saturated rings. The summed E-state index contributed by atoms with van der Waals surface area (Å²) >= 11 is 0. The van der Waals surface area contributed by atoms with E-state index in [9.17, 15) is 9.59 Å². The van der Waals surface area contributed by atoms with Crippen molar-refractivity contribution in [2.45, 2.75) is 27.7 Å². The second kappa shape index (κ2) is 13.4. The van der Waals surface area contributed by atoms with Crippen LogP contribution in [-0.4, -0.2) is 21.8 Å². The highest BCUT2D eigenvalue weighted by Gasteiger charge is 2.29. The van der Waals surface area contributed by atoms with Crippen LogP contribution in [0.3, 0.4) is 0 Å². The van der Waals surface area contributed by atoms with Crippen molar-refractivity contribution in [3.63, 3.8) is 0 Å². The number of carbonyl (C=O) groups excluding carboxylic acids is 2. The average molecular weight is 678 g/mol. The number of para-hydroxylation sites is 2. The lowest BCUT2D eigenvalue weighted by atomic mass is 9.98. The Bertz CT molecular complexity index is 2340. The standard InChI is InChI=1S/C42H33F2N5O2/c1-24-17-25(2)19-32(18-24)49(35-22-30(43)20-26(3)37(35)41(50)47-33-13-5-9-28-11-7-15-45-39(28)33)36-23-31(44)21-27(4)38(36)42(51)48-34-14-6-10-29-12-8-16-46-40(29)34/h5-23H,1-4H3,(H,47,50)(H,48,51). The Morgan fingerprint density at radius 2 is 1.00 bits per heavy atom. The molecule has 0 atom stereocenters. The Hall–Kier alpha value is -6.48. The number of anilines is 5. The van der Waals surface area contributed by atoms with Crippen LogP contribution in [0.2, 0.25) is 0 Å². The van der Waals surface area contributed by atoms with Gasteiger partial charge in [-0.3, -0.25) is 19.6 Å². The predicted molar refractivity (Wildman–Crippen MR) is 199 cm³/mol. The Labute approximate surface area is 293 Å². The smallest absolute Gasteiger partial charge is 0.258 e. The highest BCUT2D eigenvalue weighted by Crippen LogP contribution is 2.42. The summed E-state index contributed by atoms with van der Waals surface area (Å²) in [5, 5.41) is 7.62. The normalized spacial score (nSPS) is 11.1. The number of halogens is 2. The molecule has 0 aliphatic carbocycles. The summed E-state index contributed by atoms with van der Waals surface area (Å²) in [6, 6.07) is 29.0. The molecular weight excluding hydrogens is 644 g/mol. The Balaban J connectivity index is 1.44. The molecule has 2 N–H and O–H groups in total. The molecule has 9 heteroatoms. The summed E-state index contributed by atoms with van der Waals surface area (Å²) in [5.74, 6) is -2.28. The van der Waals surface area contributed by atoms with Crippen molar-refractivity contribution in [1.82, 2.24) is 9.97 Å². The van der Waals surface area contributed by atoms with E-state index in [-0.39, 0.29) is 22.5 Å². The SMILES string of the molecule is Cc1cc(C)cc(N(c2cc(F)cc(C)c2C(=O)Nc2cccc3cccnc23)c2cc(F)cc(C)c2C(=O)Nc2cccc3cccnc23)c1. The van der Waals surface area contributed by atoms with E-state index < -0.39 is 23.4 Å². The number of amides is 2. The molecule has 252 valence electrons. The molecule has 51 heavy (non-hydrogen) atoms. The number of aromatic nitrogens is 2. The van der Waals surface area contributed by atoms with Crippen molar-refractivity contribution in [2.75, 3.05) is 15.5 Å². The number of hydrogen-bond acceptors (Lipinski definition) is 5. The van der Waals surface area contributed by atoms with Crippen molar-refractivity contribution in [3.8, 4) is 0 Å². The summed E-state index contributed by atoms with van der Waals surface area (Å²) in [6.07, 6.45) is 3.28. The van der Waals surface area contributed by atoms with Gasteiger partial charge in [-0.1, -0.05) is 42.5 Å². The van der Waals surface area contributed by atoms with Crippen molar-refractivity contribution in [2.24, 2.45) is 0 Å². The van der Waals surface area contributed by atoms with Crippen molar-refractivity contribution >= 4 is 62.1 Å². The molecule has 2 heterocycles. The molecule has 0 spiro atoms.